The average molecular weight is 297 g/mol. The Morgan fingerprint density at radius 1 is 1.27 bits per heavy atom. The molecular formula is C17H23N5. The van der Waals surface area contributed by atoms with Crippen molar-refractivity contribution < 1.29 is 0 Å². The molecule has 2 aromatic heterocycles. The number of hydrogen-bond acceptors (Lipinski definition) is 5. The second-order valence-corrected chi connectivity index (χ2v) is 5.99. The first-order chi connectivity index (χ1) is 10.7. The summed E-state index contributed by atoms with van der Waals surface area (Å²) >= 11 is 0. The highest BCUT2D eigenvalue weighted by molar-refractivity contribution is 5.42. The van der Waals surface area contributed by atoms with Crippen LogP contribution in [0.1, 0.15) is 35.1 Å². The molecule has 0 spiro atoms. The van der Waals surface area contributed by atoms with Crippen molar-refractivity contribution in [1.29, 1.82) is 0 Å². The Labute approximate surface area is 131 Å². The molecule has 5 nitrogen and oxygen atoms in total. The van der Waals surface area contributed by atoms with Gasteiger partial charge in [-0.05, 0) is 38.9 Å². The van der Waals surface area contributed by atoms with Gasteiger partial charge in [-0.2, -0.15) is 0 Å². The lowest BCUT2D eigenvalue weighted by atomic mass is 10.1. The summed E-state index contributed by atoms with van der Waals surface area (Å²) in [6.07, 6.45) is 2.95. The minimum Gasteiger partial charge on any atom is -0.373 e. The fourth-order valence-electron chi connectivity index (χ4n) is 3.16. The van der Waals surface area contributed by atoms with Crippen LogP contribution in [0.3, 0.4) is 0 Å². The molecule has 0 amide bonds. The van der Waals surface area contributed by atoms with E-state index >= 15 is 0 Å². The number of anilines is 1. The van der Waals surface area contributed by atoms with Crippen molar-refractivity contribution in [3.05, 3.63) is 47.2 Å². The van der Waals surface area contributed by atoms with Gasteiger partial charge in [-0.1, -0.05) is 6.07 Å². The summed E-state index contributed by atoms with van der Waals surface area (Å²) in [7, 11) is 1.92. The van der Waals surface area contributed by atoms with Gasteiger partial charge in [-0.3, -0.25) is 4.90 Å². The summed E-state index contributed by atoms with van der Waals surface area (Å²) in [5.74, 6) is 2.40. The van der Waals surface area contributed by atoms with Crippen molar-refractivity contribution in [2.24, 2.45) is 0 Å². The average Bonchev–Trinajstić information content (AvgIpc) is 2.95. The summed E-state index contributed by atoms with van der Waals surface area (Å²) in [5, 5.41) is 3.16. The lowest BCUT2D eigenvalue weighted by Crippen LogP contribution is -2.21. The highest BCUT2D eigenvalue weighted by Gasteiger charge is 2.26. The van der Waals surface area contributed by atoms with Crippen LogP contribution in [-0.4, -0.2) is 40.0 Å². The zero-order chi connectivity index (χ0) is 15.5. The van der Waals surface area contributed by atoms with Crippen molar-refractivity contribution in [2.45, 2.75) is 32.7 Å². The van der Waals surface area contributed by atoms with Gasteiger partial charge in [0.15, 0.2) is 0 Å². The molecular weight excluding hydrogens is 274 g/mol. The summed E-state index contributed by atoms with van der Waals surface area (Å²) in [4.78, 5) is 16.1. The lowest BCUT2D eigenvalue weighted by molar-refractivity contribution is 0.326. The van der Waals surface area contributed by atoms with Crippen LogP contribution in [0, 0.1) is 13.8 Å². The highest BCUT2D eigenvalue weighted by Crippen LogP contribution is 2.27. The van der Waals surface area contributed by atoms with Gasteiger partial charge in [-0.25, -0.2) is 15.0 Å². The van der Waals surface area contributed by atoms with E-state index in [4.69, 9.17) is 0 Å². The van der Waals surface area contributed by atoms with Gasteiger partial charge in [-0.15, -0.1) is 0 Å². The molecule has 1 aliphatic heterocycles. The van der Waals surface area contributed by atoms with Crippen LogP contribution in [0.25, 0.3) is 0 Å². The van der Waals surface area contributed by atoms with Gasteiger partial charge in [0.1, 0.15) is 11.6 Å². The monoisotopic (exact) mass is 297 g/mol. The molecule has 1 N–H and O–H groups in total. The SMILES string of the molecule is CNc1ncccc1CN1CC[C@H](c2nc(C)cc(C)n2)C1. The molecule has 0 bridgehead atoms. The van der Waals surface area contributed by atoms with E-state index in [9.17, 15) is 0 Å². The van der Waals surface area contributed by atoms with E-state index in [2.05, 4.69) is 31.2 Å². The number of nitrogens with zero attached hydrogens (tertiary/aromatic N) is 4. The van der Waals surface area contributed by atoms with Crippen LogP contribution in [0.15, 0.2) is 24.4 Å². The first-order valence-corrected chi connectivity index (χ1v) is 7.82. The molecule has 3 rings (SSSR count). The fraction of sp³-hybridized carbons (Fsp3) is 0.471. The van der Waals surface area contributed by atoms with Crippen molar-refractivity contribution >= 4 is 5.82 Å². The van der Waals surface area contributed by atoms with Gasteiger partial charge in [0.05, 0.1) is 0 Å². The van der Waals surface area contributed by atoms with Crippen molar-refractivity contribution in [3.8, 4) is 0 Å². The number of aromatic nitrogens is 3. The standard InChI is InChI=1S/C17H23N5/c1-12-9-13(2)21-17(20-12)15-6-8-22(11-15)10-14-5-4-7-19-16(14)18-3/h4-5,7,9,15H,6,8,10-11H2,1-3H3,(H,18,19)/t15-/m0/s1. The Balaban J connectivity index is 1.69. The number of aryl methyl sites for hydroxylation is 2. The Morgan fingerprint density at radius 3 is 2.77 bits per heavy atom. The Morgan fingerprint density at radius 2 is 2.05 bits per heavy atom. The second-order valence-electron chi connectivity index (χ2n) is 5.99. The van der Waals surface area contributed by atoms with Gasteiger partial charge < -0.3 is 5.32 Å². The van der Waals surface area contributed by atoms with Crippen LogP contribution >= 0.6 is 0 Å². The Kier molecular flexibility index (Phi) is 4.34. The zero-order valence-corrected chi connectivity index (χ0v) is 13.5. The smallest absolute Gasteiger partial charge is 0.133 e. The molecule has 0 unspecified atom stereocenters. The number of pyridine rings is 1. The van der Waals surface area contributed by atoms with E-state index in [-0.39, 0.29) is 0 Å². The van der Waals surface area contributed by atoms with Crippen molar-refractivity contribution in [1.82, 2.24) is 19.9 Å². The molecule has 1 atom stereocenters. The van der Waals surface area contributed by atoms with Crippen LogP contribution in [0.2, 0.25) is 0 Å². The number of hydrogen-bond donors (Lipinski definition) is 1. The van der Waals surface area contributed by atoms with Gasteiger partial charge in [0.25, 0.3) is 0 Å². The second kappa shape index (κ2) is 6.40. The molecule has 1 aliphatic rings. The molecule has 0 saturated carbocycles. The van der Waals surface area contributed by atoms with E-state index in [1.54, 1.807) is 0 Å². The molecule has 5 heteroatoms. The van der Waals surface area contributed by atoms with Gasteiger partial charge in [0.2, 0.25) is 0 Å². The molecule has 116 valence electrons. The molecule has 1 saturated heterocycles. The molecule has 22 heavy (non-hydrogen) atoms. The maximum atomic E-state index is 4.63. The van der Waals surface area contributed by atoms with E-state index in [1.165, 1.54) is 5.56 Å². The largest absolute Gasteiger partial charge is 0.373 e. The van der Waals surface area contributed by atoms with Crippen molar-refractivity contribution in [3.63, 3.8) is 0 Å². The molecule has 0 aromatic carbocycles. The van der Waals surface area contributed by atoms with Crippen molar-refractivity contribution in [2.75, 3.05) is 25.5 Å². The maximum Gasteiger partial charge on any atom is 0.133 e. The fourth-order valence-corrected chi connectivity index (χ4v) is 3.16. The Hall–Kier alpha value is -2.01. The van der Waals surface area contributed by atoms with Gasteiger partial charge >= 0.3 is 0 Å². The number of nitrogens with one attached hydrogen (secondary N) is 1. The van der Waals surface area contributed by atoms with Crippen LogP contribution in [0.4, 0.5) is 5.82 Å². The van der Waals surface area contributed by atoms with Crippen LogP contribution in [-0.2, 0) is 6.54 Å². The molecule has 0 radical (unpaired) electrons. The maximum absolute atomic E-state index is 4.63. The van der Waals surface area contributed by atoms with Crippen LogP contribution < -0.4 is 5.32 Å². The lowest BCUT2D eigenvalue weighted by Gasteiger charge is -2.17. The van der Waals surface area contributed by atoms with E-state index < -0.39 is 0 Å². The molecule has 1 fully saturated rings. The third kappa shape index (κ3) is 3.25. The Bertz CT molecular complexity index is 635. The van der Waals surface area contributed by atoms with Gasteiger partial charge in [0, 0.05) is 49.2 Å². The quantitative estimate of drug-likeness (QED) is 0.940. The highest BCUT2D eigenvalue weighted by atomic mass is 15.2. The third-order valence-electron chi connectivity index (χ3n) is 4.16. The number of likely N-dealkylation sites (tertiary alicyclic amines) is 1. The number of rotatable bonds is 4. The van der Waals surface area contributed by atoms with E-state index in [0.717, 1.165) is 49.1 Å². The topological polar surface area (TPSA) is 53.9 Å². The summed E-state index contributed by atoms with van der Waals surface area (Å²) in [6.45, 7) is 7.10. The first kappa shape index (κ1) is 14.9. The predicted molar refractivity (Wildman–Crippen MR) is 87.9 cm³/mol. The summed E-state index contributed by atoms with van der Waals surface area (Å²) in [5.41, 5.74) is 3.36. The minimum atomic E-state index is 0.438. The molecule has 3 heterocycles. The molecule has 0 aliphatic carbocycles. The summed E-state index contributed by atoms with van der Waals surface area (Å²) < 4.78 is 0. The van der Waals surface area contributed by atoms with Crippen LogP contribution in [0.5, 0.6) is 0 Å². The minimum absolute atomic E-state index is 0.438. The first-order valence-electron chi connectivity index (χ1n) is 7.82. The molecule has 2 aromatic rings. The normalized spacial score (nSPS) is 18.6. The predicted octanol–water partition coefficient (Wildman–Crippen LogP) is 2.52. The van der Waals surface area contributed by atoms with E-state index in [0.29, 0.717) is 5.92 Å². The van der Waals surface area contributed by atoms with E-state index in [1.807, 2.05) is 39.2 Å². The zero-order valence-electron chi connectivity index (χ0n) is 13.5. The third-order valence-corrected chi connectivity index (χ3v) is 4.16. The summed E-state index contributed by atoms with van der Waals surface area (Å²) in [6, 6.07) is 6.17.